The Bertz CT molecular complexity index is 546. The van der Waals surface area contributed by atoms with Crippen LogP contribution in [-0.4, -0.2) is 11.0 Å². The third kappa shape index (κ3) is 3.86. The van der Waals surface area contributed by atoms with Gasteiger partial charge in [-0.2, -0.15) is 0 Å². The number of rotatable bonds is 4. The average Bonchev–Trinajstić information content (AvgIpc) is 2.40. The van der Waals surface area contributed by atoms with Gasteiger partial charge < -0.3 is 5.73 Å². The van der Waals surface area contributed by atoms with Crippen LogP contribution in [-0.2, 0) is 0 Å². The van der Waals surface area contributed by atoms with Gasteiger partial charge >= 0.3 is 0 Å². The molecule has 0 aliphatic carbocycles. The average molecular weight is 313 g/mol. The summed E-state index contributed by atoms with van der Waals surface area (Å²) in [7, 11) is 0. The van der Waals surface area contributed by atoms with Crippen molar-refractivity contribution < 1.29 is 0 Å². The molecule has 2 nitrogen and oxygen atoms in total. The topological polar surface area (TPSA) is 38.9 Å². The smallest absolute Gasteiger partial charge is 0.0603 e. The Hall–Kier alpha value is -0.740. The lowest BCUT2D eigenvalue weighted by Gasteiger charge is -2.20. The summed E-state index contributed by atoms with van der Waals surface area (Å²) in [5.74, 6) is 0. The summed E-state index contributed by atoms with van der Waals surface area (Å²) in [5, 5.41) is 1.28. The Morgan fingerprint density at radius 2 is 1.79 bits per heavy atom. The third-order valence-electron chi connectivity index (χ3n) is 2.67. The Balaban J connectivity index is 2.24. The molecule has 0 saturated heterocycles. The van der Waals surface area contributed by atoms with Crippen molar-refractivity contribution in [2.75, 3.05) is 0 Å². The summed E-state index contributed by atoms with van der Waals surface area (Å²) in [4.78, 5) is 5.08. The van der Waals surface area contributed by atoms with E-state index in [1.165, 1.54) is 0 Å². The van der Waals surface area contributed by atoms with Gasteiger partial charge in [0, 0.05) is 28.6 Å². The van der Waals surface area contributed by atoms with Crippen molar-refractivity contribution in [3.8, 4) is 0 Å². The lowest BCUT2D eigenvalue weighted by Crippen LogP contribution is -2.22. The van der Waals surface area contributed by atoms with Gasteiger partial charge in [-0.15, -0.1) is 11.8 Å². The quantitative estimate of drug-likeness (QED) is 0.840. The molecule has 0 fully saturated rings. The van der Waals surface area contributed by atoms with E-state index in [0.29, 0.717) is 10.0 Å². The molecule has 0 aliphatic rings. The molecule has 2 aromatic rings. The molecule has 5 heteroatoms. The summed E-state index contributed by atoms with van der Waals surface area (Å²) >= 11 is 13.6. The van der Waals surface area contributed by atoms with Crippen molar-refractivity contribution in [3.05, 3.63) is 58.3 Å². The number of halogens is 2. The van der Waals surface area contributed by atoms with Crippen molar-refractivity contribution in [1.82, 2.24) is 4.98 Å². The van der Waals surface area contributed by atoms with Crippen LogP contribution in [0.4, 0.5) is 0 Å². The third-order valence-corrected chi connectivity index (χ3v) is 4.89. The number of hydrogen-bond donors (Lipinski definition) is 1. The van der Waals surface area contributed by atoms with Gasteiger partial charge in [0.05, 0.1) is 10.0 Å². The highest BCUT2D eigenvalue weighted by Gasteiger charge is 2.18. The molecule has 0 saturated carbocycles. The van der Waals surface area contributed by atoms with Gasteiger partial charge in [-0.05, 0) is 42.8 Å². The molecule has 1 aromatic carbocycles. The standard InChI is InChI=1S/C14H14Cl2N2S/c1-9(17)14(10-4-6-18-7-5-10)19-11-2-3-12(15)13(16)8-11/h2-9,14H,17H2,1H3. The normalized spacial score (nSPS) is 14.1. The highest BCUT2D eigenvalue weighted by atomic mass is 35.5. The summed E-state index contributed by atoms with van der Waals surface area (Å²) in [6, 6.07) is 9.61. The van der Waals surface area contributed by atoms with Crippen molar-refractivity contribution in [1.29, 1.82) is 0 Å². The Morgan fingerprint density at radius 3 is 2.37 bits per heavy atom. The number of nitrogens with zero attached hydrogens (tertiary/aromatic N) is 1. The molecule has 1 heterocycles. The van der Waals surface area contributed by atoms with E-state index in [4.69, 9.17) is 28.9 Å². The molecule has 2 unspecified atom stereocenters. The van der Waals surface area contributed by atoms with Crippen LogP contribution >= 0.6 is 35.0 Å². The van der Waals surface area contributed by atoms with Gasteiger partial charge in [0.15, 0.2) is 0 Å². The predicted molar refractivity (Wildman–Crippen MR) is 82.9 cm³/mol. The van der Waals surface area contributed by atoms with E-state index >= 15 is 0 Å². The Morgan fingerprint density at radius 1 is 1.11 bits per heavy atom. The first-order valence-corrected chi connectivity index (χ1v) is 7.48. The van der Waals surface area contributed by atoms with Gasteiger partial charge in [0.1, 0.15) is 0 Å². The van der Waals surface area contributed by atoms with Crippen molar-refractivity contribution in [3.63, 3.8) is 0 Å². The first-order valence-electron chi connectivity index (χ1n) is 5.85. The molecule has 0 aliphatic heterocycles. The van der Waals surface area contributed by atoms with E-state index in [9.17, 15) is 0 Å². The molecule has 0 radical (unpaired) electrons. The second-order valence-corrected chi connectivity index (χ2v) is 6.28. The van der Waals surface area contributed by atoms with Crippen LogP contribution in [0.25, 0.3) is 0 Å². The fraction of sp³-hybridized carbons (Fsp3) is 0.214. The van der Waals surface area contributed by atoms with Gasteiger partial charge in [0.25, 0.3) is 0 Å². The molecule has 0 spiro atoms. The van der Waals surface area contributed by atoms with Gasteiger partial charge in [0.2, 0.25) is 0 Å². The lowest BCUT2D eigenvalue weighted by atomic mass is 10.1. The van der Waals surface area contributed by atoms with Crippen molar-refractivity contribution in [2.24, 2.45) is 5.73 Å². The van der Waals surface area contributed by atoms with E-state index in [1.54, 1.807) is 30.2 Å². The summed E-state index contributed by atoms with van der Waals surface area (Å²) in [6.07, 6.45) is 3.56. The maximum atomic E-state index is 6.08. The SMILES string of the molecule is CC(N)C(Sc1ccc(Cl)c(Cl)c1)c1ccncc1. The van der Waals surface area contributed by atoms with E-state index in [0.717, 1.165) is 10.5 Å². The molecule has 2 rings (SSSR count). The molecule has 100 valence electrons. The minimum absolute atomic E-state index is 0.0156. The summed E-state index contributed by atoms with van der Waals surface area (Å²) in [6.45, 7) is 2.00. The molecule has 0 amide bonds. The largest absolute Gasteiger partial charge is 0.327 e. The van der Waals surface area contributed by atoms with E-state index in [-0.39, 0.29) is 11.3 Å². The Kier molecular flexibility index (Phi) is 5.11. The second-order valence-electron chi connectivity index (χ2n) is 4.25. The fourth-order valence-electron chi connectivity index (χ4n) is 1.73. The second kappa shape index (κ2) is 6.62. The highest BCUT2D eigenvalue weighted by molar-refractivity contribution is 7.99. The fourth-order valence-corrected chi connectivity index (χ4v) is 3.23. The van der Waals surface area contributed by atoms with Crippen LogP contribution in [0.2, 0.25) is 10.0 Å². The molecule has 19 heavy (non-hydrogen) atoms. The molecular formula is C14H14Cl2N2S. The number of aromatic nitrogens is 1. The van der Waals surface area contributed by atoms with Crippen LogP contribution in [0.15, 0.2) is 47.6 Å². The van der Waals surface area contributed by atoms with Gasteiger partial charge in [-0.3, -0.25) is 4.98 Å². The van der Waals surface area contributed by atoms with Gasteiger partial charge in [-0.25, -0.2) is 0 Å². The number of pyridine rings is 1. The molecule has 0 bridgehead atoms. The summed E-state index contributed by atoms with van der Waals surface area (Å²) in [5.41, 5.74) is 7.24. The lowest BCUT2D eigenvalue weighted by molar-refractivity contribution is 0.720. The van der Waals surface area contributed by atoms with Crippen molar-refractivity contribution in [2.45, 2.75) is 23.1 Å². The first kappa shape index (κ1) is 14.7. The minimum Gasteiger partial charge on any atom is -0.327 e. The van der Waals surface area contributed by atoms with E-state index < -0.39 is 0 Å². The highest BCUT2D eigenvalue weighted by Crippen LogP contribution is 2.38. The number of benzene rings is 1. The van der Waals surface area contributed by atoms with Crippen LogP contribution in [0.3, 0.4) is 0 Å². The zero-order valence-electron chi connectivity index (χ0n) is 10.4. The van der Waals surface area contributed by atoms with E-state index in [2.05, 4.69) is 4.98 Å². The number of hydrogen-bond acceptors (Lipinski definition) is 3. The van der Waals surface area contributed by atoms with Gasteiger partial charge in [-0.1, -0.05) is 23.2 Å². The van der Waals surface area contributed by atoms with Crippen LogP contribution in [0.5, 0.6) is 0 Å². The maximum Gasteiger partial charge on any atom is 0.0603 e. The Labute approximate surface area is 127 Å². The zero-order chi connectivity index (χ0) is 13.8. The number of thioether (sulfide) groups is 1. The monoisotopic (exact) mass is 312 g/mol. The summed E-state index contributed by atoms with van der Waals surface area (Å²) < 4.78 is 0. The minimum atomic E-state index is 0.0156. The van der Waals surface area contributed by atoms with E-state index in [1.807, 2.05) is 31.2 Å². The molecule has 1 aromatic heterocycles. The molecule has 2 atom stereocenters. The predicted octanol–water partition coefficient (Wildman–Crippen LogP) is 4.57. The van der Waals surface area contributed by atoms with Crippen LogP contribution < -0.4 is 5.73 Å². The molecular weight excluding hydrogens is 299 g/mol. The van der Waals surface area contributed by atoms with Crippen LogP contribution in [0, 0.1) is 0 Å². The van der Waals surface area contributed by atoms with Crippen molar-refractivity contribution >= 4 is 35.0 Å². The molecule has 2 N–H and O–H groups in total. The first-order chi connectivity index (χ1) is 9.08. The maximum absolute atomic E-state index is 6.08. The zero-order valence-corrected chi connectivity index (χ0v) is 12.7. The van der Waals surface area contributed by atoms with Crippen LogP contribution in [0.1, 0.15) is 17.7 Å². The number of nitrogens with two attached hydrogens (primary N) is 1.